The van der Waals surface area contributed by atoms with Crippen molar-refractivity contribution >= 4 is 35.8 Å². The third kappa shape index (κ3) is 7.71. The van der Waals surface area contributed by atoms with Gasteiger partial charge in [0.05, 0.1) is 6.54 Å². The van der Waals surface area contributed by atoms with Crippen LogP contribution in [0.2, 0.25) is 0 Å². The van der Waals surface area contributed by atoms with Crippen molar-refractivity contribution in [3.63, 3.8) is 0 Å². The van der Waals surface area contributed by atoms with E-state index in [2.05, 4.69) is 25.9 Å². The molecule has 2 aromatic carbocycles. The third-order valence-electron chi connectivity index (χ3n) is 4.30. The van der Waals surface area contributed by atoms with E-state index in [4.69, 9.17) is 4.42 Å². The number of amides is 1. The second-order valence-corrected chi connectivity index (χ2v) is 6.76. The number of rotatable bonds is 8. The van der Waals surface area contributed by atoms with E-state index in [-0.39, 0.29) is 29.9 Å². The van der Waals surface area contributed by atoms with Crippen LogP contribution in [0, 0.1) is 6.92 Å². The summed E-state index contributed by atoms with van der Waals surface area (Å²) in [5, 5.41) is 9.31. The van der Waals surface area contributed by atoms with Gasteiger partial charge in [-0.15, -0.1) is 24.0 Å². The van der Waals surface area contributed by atoms with Gasteiger partial charge in [-0.25, -0.2) is 9.98 Å². The third-order valence-corrected chi connectivity index (χ3v) is 4.30. The zero-order valence-corrected chi connectivity index (χ0v) is 20.1. The van der Waals surface area contributed by atoms with Gasteiger partial charge in [0.15, 0.2) is 5.96 Å². The van der Waals surface area contributed by atoms with Gasteiger partial charge in [-0.05, 0) is 38.1 Å². The predicted octanol–water partition coefficient (Wildman–Crippen LogP) is 3.75. The normalized spacial score (nSPS) is 10.8. The summed E-state index contributed by atoms with van der Waals surface area (Å²) in [6, 6.07) is 17.3. The lowest BCUT2D eigenvalue weighted by Crippen LogP contribution is -2.41. The molecule has 1 aromatic heterocycles. The molecule has 7 nitrogen and oxygen atoms in total. The topological polar surface area (TPSA) is 91.6 Å². The van der Waals surface area contributed by atoms with Gasteiger partial charge >= 0.3 is 0 Å². The zero-order chi connectivity index (χ0) is 21.2. The van der Waals surface area contributed by atoms with E-state index in [0.29, 0.717) is 37.0 Å². The Hall–Kier alpha value is -2.88. The number of aryl methyl sites for hydroxylation is 1. The second kappa shape index (κ2) is 12.7. The molecule has 3 rings (SSSR count). The minimum absolute atomic E-state index is 0. The van der Waals surface area contributed by atoms with Crippen molar-refractivity contribution in [1.29, 1.82) is 0 Å². The Bertz CT molecular complexity index is 988. The predicted molar refractivity (Wildman–Crippen MR) is 134 cm³/mol. The molecule has 0 aliphatic rings. The number of guanidine groups is 1. The first-order valence-electron chi connectivity index (χ1n) is 10.0. The van der Waals surface area contributed by atoms with Gasteiger partial charge in [0, 0.05) is 30.8 Å². The van der Waals surface area contributed by atoms with Crippen LogP contribution in [-0.4, -0.2) is 36.5 Å². The Labute approximate surface area is 199 Å². The summed E-state index contributed by atoms with van der Waals surface area (Å²) in [4.78, 5) is 21.2. The average Bonchev–Trinajstić information content (AvgIpc) is 3.24. The molecule has 0 atom stereocenters. The monoisotopic (exact) mass is 533 g/mol. The summed E-state index contributed by atoms with van der Waals surface area (Å²) in [6.07, 6.45) is 1.62. The molecule has 1 heterocycles. The number of benzene rings is 2. The quantitative estimate of drug-likeness (QED) is 0.178. The van der Waals surface area contributed by atoms with Gasteiger partial charge in [-0.1, -0.05) is 35.9 Å². The van der Waals surface area contributed by atoms with Crippen molar-refractivity contribution < 1.29 is 9.21 Å². The number of hydrogen-bond acceptors (Lipinski definition) is 4. The van der Waals surface area contributed by atoms with Crippen molar-refractivity contribution in [3.8, 4) is 11.5 Å². The number of nitrogens with zero attached hydrogens (tertiary/aromatic N) is 2. The minimum atomic E-state index is -0.0847. The summed E-state index contributed by atoms with van der Waals surface area (Å²) < 4.78 is 5.55. The van der Waals surface area contributed by atoms with Crippen LogP contribution in [0.3, 0.4) is 0 Å². The van der Waals surface area contributed by atoms with Gasteiger partial charge in [0.2, 0.25) is 5.89 Å². The fourth-order valence-corrected chi connectivity index (χ4v) is 2.84. The van der Waals surface area contributed by atoms with Crippen LogP contribution >= 0.6 is 24.0 Å². The fraction of sp³-hybridized carbons (Fsp3) is 0.261. The molecule has 3 aromatic rings. The number of carbonyl (C=O) groups is 1. The second-order valence-electron chi connectivity index (χ2n) is 6.76. The number of halogens is 1. The highest BCUT2D eigenvalue weighted by Gasteiger charge is 2.07. The molecule has 164 valence electrons. The van der Waals surface area contributed by atoms with Gasteiger partial charge in [0.1, 0.15) is 12.0 Å². The molecule has 8 heteroatoms. The van der Waals surface area contributed by atoms with E-state index >= 15 is 0 Å². The maximum absolute atomic E-state index is 12.2. The number of hydrogen-bond donors (Lipinski definition) is 3. The molecule has 0 saturated carbocycles. The Morgan fingerprint density at radius 3 is 2.55 bits per heavy atom. The molecule has 0 unspecified atom stereocenters. The fourth-order valence-electron chi connectivity index (χ4n) is 2.84. The standard InChI is InChI=1S/C23H27N5O2.HI/c1-3-24-23(26-13-12-25-21(29)19-11-7-8-17(2)14-19)27-15-20-16-30-22(28-20)18-9-5-4-6-10-18;/h4-11,14,16H,3,12-13,15H2,1-2H3,(H,25,29)(H2,24,26,27);1H. The smallest absolute Gasteiger partial charge is 0.251 e. The van der Waals surface area contributed by atoms with Gasteiger partial charge < -0.3 is 20.4 Å². The van der Waals surface area contributed by atoms with E-state index < -0.39 is 0 Å². The lowest BCUT2D eigenvalue weighted by molar-refractivity contribution is 0.0954. The molecule has 0 spiro atoms. The zero-order valence-electron chi connectivity index (χ0n) is 17.7. The molecule has 0 saturated heterocycles. The highest BCUT2D eigenvalue weighted by atomic mass is 127. The molecule has 0 radical (unpaired) electrons. The highest BCUT2D eigenvalue weighted by Crippen LogP contribution is 2.18. The summed E-state index contributed by atoms with van der Waals surface area (Å²) in [6.45, 7) is 6.13. The Morgan fingerprint density at radius 1 is 1.03 bits per heavy atom. The SMILES string of the molecule is CCNC(=NCc1coc(-c2ccccc2)n1)NCCNC(=O)c1cccc(C)c1.I. The largest absolute Gasteiger partial charge is 0.444 e. The van der Waals surface area contributed by atoms with Crippen LogP contribution in [0.15, 0.2) is 70.3 Å². The lowest BCUT2D eigenvalue weighted by atomic mass is 10.1. The summed E-state index contributed by atoms with van der Waals surface area (Å²) >= 11 is 0. The molecule has 0 fully saturated rings. The van der Waals surface area contributed by atoms with Gasteiger partial charge in [0.25, 0.3) is 5.91 Å². The number of oxazole rings is 1. The van der Waals surface area contributed by atoms with E-state index in [9.17, 15) is 4.79 Å². The van der Waals surface area contributed by atoms with Crippen molar-refractivity contribution in [2.75, 3.05) is 19.6 Å². The minimum Gasteiger partial charge on any atom is -0.444 e. The Kier molecular flexibility index (Phi) is 10.0. The van der Waals surface area contributed by atoms with Crippen LogP contribution < -0.4 is 16.0 Å². The van der Waals surface area contributed by atoms with Crippen LogP contribution in [0.25, 0.3) is 11.5 Å². The summed E-state index contributed by atoms with van der Waals surface area (Å²) in [5.41, 5.74) is 3.40. The van der Waals surface area contributed by atoms with E-state index in [1.807, 2.05) is 68.4 Å². The summed E-state index contributed by atoms with van der Waals surface area (Å²) in [7, 11) is 0. The van der Waals surface area contributed by atoms with E-state index in [1.54, 1.807) is 6.26 Å². The number of aliphatic imine (C=N–C) groups is 1. The highest BCUT2D eigenvalue weighted by molar-refractivity contribution is 14.0. The number of aromatic nitrogens is 1. The number of nitrogens with one attached hydrogen (secondary N) is 3. The maximum atomic E-state index is 12.2. The van der Waals surface area contributed by atoms with E-state index in [0.717, 1.165) is 23.4 Å². The van der Waals surface area contributed by atoms with Crippen molar-refractivity contribution in [3.05, 3.63) is 77.7 Å². The van der Waals surface area contributed by atoms with Crippen LogP contribution in [-0.2, 0) is 6.54 Å². The molecule has 3 N–H and O–H groups in total. The molecule has 1 amide bonds. The van der Waals surface area contributed by atoms with Gasteiger partial charge in [-0.3, -0.25) is 4.79 Å². The van der Waals surface area contributed by atoms with Gasteiger partial charge in [-0.2, -0.15) is 0 Å². The summed E-state index contributed by atoms with van der Waals surface area (Å²) in [5.74, 6) is 1.16. The lowest BCUT2D eigenvalue weighted by Gasteiger charge is -2.11. The van der Waals surface area contributed by atoms with Crippen molar-refractivity contribution in [2.24, 2.45) is 4.99 Å². The molecule has 0 aliphatic heterocycles. The Balaban J connectivity index is 0.00000341. The first-order valence-corrected chi connectivity index (χ1v) is 10.0. The van der Waals surface area contributed by atoms with Crippen LogP contribution in [0.5, 0.6) is 0 Å². The molecular weight excluding hydrogens is 505 g/mol. The molecule has 0 bridgehead atoms. The van der Waals surface area contributed by atoms with E-state index in [1.165, 1.54) is 0 Å². The van der Waals surface area contributed by atoms with Crippen molar-refractivity contribution in [2.45, 2.75) is 20.4 Å². The average molecular weight is 533 g/mol. The first-order chi connectivity index (χ1) is 14.7. The first kappa shape index (κ1) is 24.4. The molecule has 31 heavy (non-hydrogen) atoms. The van der Waals surface area contributed by atoms with Crippen LogP contribution in [0.1, 0.15) is 28.5 Å². The van der Waals surface area contributed by atoms with Crippen molar-refractivity contribution in [1.82, 2.24) is 20.9 Å². The molecular formula is C23H28IN5O2. The van der Waals surface area contributed by atoms with Crippen LogP contribution in [0.4, 0.5) is 0 Å². The Morgan fingerprint density at radius 2 is 1.81 bits per heavy atom. The number of carbonyl (C=O) groups excluding carboxylic acids is 1. The maximum Gasteiger partial charge on any atom is 0.251 e. The molecule has 0 aliphatic carbocycles.